The van der Waals surface area contributed by atoms with Crippen LogP contribution in [0.1, 0.15) is 64.8 Å². The van der Waals surface area contributed by atoms with Crippen LogP contribution in [-0.2, 0) is 19.4 Å². The van der Waals surface area contributed by atoms with Gasteiger partial charge < -0.3 is 10.3 Å². The third kappa shape index (κ3) is 4.78. The molecule has 1 fully saturated rings. The zero-order valence-electron chi connectivity index (χ0n) is 17.3. The van der Waals surface area contributed by atoms with Gasteiger partial charge in [-0.1, -0.05) is 30.7 Å². The van der Waals surface area contributed by atoms with Crippen LogP contribution in [0.25, 0.3) is 0 Å². The number of hydrogen-bond acceptors (Lipinski definition) is 3. The van der Waals surface area contributed by atoms with Crippen LogP contribution in [0.3, 0.4) is 0 Å². The van der Waals surface area contributed by atoms with E-state index >= 15 is 0 Å². The maximum atomic E-state index is 12.8. The van der Waals surface area contributed by atoms with Gasteiger partial charge in [-0.05, 0) is 68.2 Å². The number of carbonyl (C=O) groups excluding carboxylic acids is 1. The fourth-order valence-electron chi connectivity index (χ4n) is 4.55. The second-order valence-electron chi connectivity index (χ2n) is 8.53. The van der Waals surface area contributed by atoms with Crippen molar-refractivity contribution in [2.75, 3.05) is 13.1 Å². The van der Waals surface area contributed by atoms with E-state index in [1.165, 1.54) is 17.5 Å². The summed E-state index contributed by atoms with van der Waals surface area (Å²) >= 11 is 0. The van der Waals surface area contributed by atoms with Crippen molar-refractivity contribution in [3.8, 4) is 0 Å². The number of H-pyrrole nitrogens is 1. The third-order valence-corrected chi connectivity index (χ3v) is 6.41. The van der Waals surface area contributed by atoms with E-state index in [-0.39, 0.29) is 23.1 Å². The molecule has 0 radical (unpaired) electrons. The van der Waals surface area contributed by atoms with Crippen molar-refractivity contribution in [3.63, 3.8) is 0 Å². The first-order valence-corrected chi connectivity index (χ1v) is 10.9. The molecule has 1 saturated heterocycles. The van der Waals surface area contributed by atoms with Gasteiger partial charge in [0.2, 0.25) is 0 Å². The highest BCUT2D eigenvalue weighted by atomic mass is 16.2. The van der Waals surface area contributed by atoms with Crippen LogP contribution in [0.15, 0.2) is 35.1 Å². The number of aromatic nitrogens is 1. The molecule has 29 heavy (non-hydrogen) atoms. The molecule has 154 valence electrons. The highest BCUT2D eigenvalue weighted by Crippen LogP contribution is 2.19. The predicted molar refractivity (Wildman–Crippen MR) is 115 cm³/mol. The van der Waals surface area contributed by atoms with Gasteiger partial charge in [0.05, 0.1) is 0 Å². The Morgan fingerprint density at radius 2 is 1.90 bits per heavy atom. The Morgan fingerprint density at radius 3 is 2.69 bits per heavy atom. The molecule has 2 N–H and O–H groups in total. The number of fused-ring (bicyclic) bond motifs is 1. The van der Waals surface area contributed by atoms with Gasteiger partial charge in [-0.25, -0.2) is 0 Å². The van der Waals surface area contributed by atoms with E-state index < -0.39 is 0 Å². The van der Waals surface area contributed by atoms with E-state index in [9.17, 15) is 9.59 Å². The van der Waals surface area contributed by atoms with Gasteiger partial charge in [-0.15, -0.1) is 0 Å². The Bertz CT molecular complexity index is 926. The normalized spacial score (nSPS) is 18.1. The number of likely N-dealkylation sites (tertiary alicyclic amines) is 1. The number of amides is 1. The molecule has 1 amide bonds. The zero-order valence-corrected chi connectivity index (χ0v) is 17.3. The molecule has 5 nitrogen and oxygen atoms in total. The van der Waals surface area contributed by atoms with Gasteiger partial charge in [0.1, 0.15) is 5.56 Å². The largest absolute Gasteiger partial charge is 0.349 e. The lowest BCUT2D eigenvalue weighted by Crippen LogP contribution is -2.45. The van der Waals surface area contributed by atoms with E-state index in [0.29, 0.717) is 0 Å². The number of aromatic amines is 1. The van der Waals surface area contributed by atoms with Gasteiger partial charge in [0, 0.05) is 31.4 Å². The lowest BCUT2D eigenvalue weighted by molar-refractivity contribution is 0.0907. The third-order valence-electron chi connectivity index (χ3n) is 6.41. The molecule has 1 aromatic heterocycles. The van der Waals surface area contributed by atoms with Crippen LogP contribution in [0, 0.1) is 6.92 Å². The first-order valence-electron chi connectivity index (χ1n) is 10.9. The van der Waals surface area contributed by atoms with Gasteiger partial charge in [0.25, 0.3) is 11.5 Å². The summed E-state index contributed by atoms with van der Waals surface area (Å²) in [6.07, 6.45) is 7.10. The maximum Gasteiger partial charge on any atom is 0.261 e. The summed E-state index contributed by atoms with van der Waals surface area (Å²) in [6, 6.07) is 10.5. The molecule has 1 aliphatic carbocycles. The van der Waals surface area contributed by atoms with Crippen LogP contribution in [-0.4, -0.2) is 34.9 Å². The maximum absolute atomic E-state index is 12.8. The van der Waals surface area contributed by atoms with E-state index in [2.05, 4.69) is 46.4 Å². The molecule has 1 aliphatic heterocycles. The highest BCUT2D eigenvalue weighted by Gasteiger charge is 2.23. The predicted octanol–water partition coefficient (Wildman–Crippen LogP) is 3.35. The molecule has 0 unspecified atom stereocenters. The number of piperidine rings is 1. The molecule has 0 saturated carbocycles. The van der Waals surface area contributed by atoms with Crippen LogP contribution in [0.4, 0.5) is 0 Å². The standard InChI is InChI=1S/C24H31N3O2/c1-17-7-5-6-9-19(17)16-27-13-11-20(12-14-27)25-23(28)21-15-18-8-3-2-4-10-22(18)26-24(21)29/h5-7,9,15,20H,2-4,8,10-14,16H2,1H3,(H,25,28)(H,26,29). The minimum Gasteiger partial charge on any atom is -0.349 e. The molecular formula is C24H31N3O2. The Morgan fingerprint density at radius 1 is 1.14 bits per heavy atom. The molecule has 2 heterocycles. The quantitative estimate of drug-likeness (QED) is 0.783. The number of carbonyl (C=O) groups is 1. The number of pyridine rings is 1. The second kappa shape index (κ2) is 8.95. The molecule has 2 aliphatic rings. The summed E-state index contributed by atoms with van der Waals surface area (Å²) in [7, 11) is 0. The van der Waals surface area contributed by atoms with Crippen molar-refractivity contribution in [3.05, 3.63) is 68.6 Å². The molecule has 4 rings (SSSR count). The van der Waals surface area contributed by atoms with E-state index in [1.807, 2.05) is 6.07 Å². The lowest BCUT2D eigenvalue weighted by atomic mass is 10.0. The first kappa shape index (κ1) is 19.9. The number of aryl methyl sites for hydroxylation is 3. The minimum atomic E-state index is -0.250. The van der Waals surface area contributed by atoms with Crippen molar-refractivity contribution in [1.82, 2.24) is 15.2 Å². The Labute approximate surface area is 172 Å². The molecule has 5 heteroatoms. The molecular weight excluding hydrogens is 362 g/mol. The number of nitrogens with one attached hydrogen (secondary N) is 2. The summed E-state index contributed by atoms with van der Waals surface area (Å²) in [5, 5.41) is 3.11. The highest BCUT2D eigenvalue weighted by molar-refractivity contribution is 5.94. The second-order valence-corrected chi connectivity index (χ2v) is 8.53. The number of rotatable bonds is 4. The van der Waals surface area contributed by atoms with Crippen molar-refractivity contribution in [2.24, 2.45) is 0 Å². The SMILES string of the molecule is Cc1ccccc1CN1CCC(NC(=O)c2cc3c([nH]c2=O)CCCCC3)CC1. The summed E-state index contributed by atoms with van der Waals surface area (Å²) in [5.74, 6) is -0.226. The van der Waals surface area contributed by atoms with Crippen molar-refractivity contribution in [2.45, 2.75) is 64.5 Å². The molecule has 0 spiro atoms. The average Bonchev–Trinajstić information content (AvgIpc) is 2.95. The molecule has 1 aromatic carbocycles. The minimum absolute atomic E-state index is 0.133. The topological polar surface area (TPSA) is 65.2 Å². The fourth-order valence-corrected chi connectivity index (χ4v) is 4.55. The summed E-state index contributed by atoms with van der Waals surface area (Å²) in [5.41, 5.74) is 4.87. The average molecular weight is 394 g/mol. The Kier molecular flexibility index (Phi) is 6.14. The van der Waals surface area contributed by atoms with Gasteiger partial charge in [-0.3, -0.25) is 14.5 Å². The van der Waals surface area contributed by atoms with E-state index in [1.54, 1.807) is 0 Å². The van der Waals surface area contributed by atoms with Crippen LogP contribution in [0.2, 0.25) is 0 Å². The number of nitrogens with zero attached hydrogens (tertiary/aromatic N) is 1. The summed E-state index contributed by atoms with van der Waals surface area (Å²) in [4.78, 5) is 30.6. The summed E-state index contributed by atoms with van der Waals surface area (Å²) < 4.78 is 0. The number of benzene rings is 1. The van der Waals surface area contributed by atoms with Crippen molar-refractivity contribution >= 4 is 5.91 Å². The molecule has 2 aromatic rings. The fraction of sp³-hybridized carbons (Fsp3) is 0.500. The van der Waals surface area contributed by atoms with Gasteiger partial charge >= 0.3 is 0 Å². The lowest BCUT2D eigenvalue weighted by Gasteiger charge is -2.32. The van der Waals surface area contributed by atoms with Crippen LogP contribution < -0.4 is 10.9 Å². The molecule has 0 bridgehead atoms. The van der Waals surface area contributed by atoms with Gasteiger partial charge in [-0.2, -0.15) is 0 Å². The van der Waals surface area contributed by atoms with Crippen molar-refractivity contribution in [1.29, 1.82) is 0 Å². The smallest absolute Gasteiger partial charge is 0.261 e. The summed E-state index contributed by atoms with van der Waals surface area (Å²) in [6.45, 7) is 5.03. The Balaban J connectivity index is 1.35. The number of hydrogen-bond donors (Lipinski definition) is 2. The van der Waals surface area contributed by atoms with Crippen LogP contribution >= 0.6 is 0 Å². The molecule has 0 atom stereocenters. The monoisotopic (exact) mass is 393 g/mol. The van der Waals surface area contributed by atoms with Crippen molar-refractivity contribution < 1.29 is 4.79 Å². The zero-order chi connectivity index (χ0) is 20.2. The first-order chi connectivity index (χ1) is 14.1. The van der Waals surface area contributed by atoms with Gasteiger partial charge in [0.15, 0.2) is 0 Å². The van der Waals surface area contributed by atoms with E-state index in [0.717, 1.165) is 69.4 Å². The Hall–Kier alpha value is -2.40. The van der Waals surface area contributed by atoms with E-state index in [4.69, 9.17) is 0 Å². The van der Waals surface area contributed by atoms with Crippen LogP contribution in [0.5, 0.6) is 0 Å².